The molecular formula is C18H14N2O4. The summed E-state index contributed by atoms with van der Waals surface area (Å²) in [6.45, 7) is 0.0469. The standard InChI is InChI=1S/C18H14N2O4/c21-15(22)9-10-19-16-11-5-1-2-6-12(11)18(24)20(16)14-8-4-3-7-13(14)17(19)23/h1-8,16H,9-10H2,(H,21,22)/t16-/m1/s1. The van der Waals surface area contributed by atoms with Crippen LogP contribution in [0.15, 0.2) is 48.5 Å². The van der Waals surface area contributed by atoms with E-state index >= 15 is 0 Å². The van der Waals surface area contributed by atoms with Gasteiger partial charge in [-0.15, -0.1) is 0 Å². The number of amides is 2. The van der Waals surface area contributed by atoms with Crippen LogP contribution in [0.4, 0.5) is 5.69 Å². The summed E-state index contributed by atoms with van der Waals surface area (Å²) >= 11 is 0. The molecule has 120 valence electrons. The van der Waals surface area contributed by atoms with Gasteiger partial charge in [0.25, 0.3) is 11.8 Å². The first-order valence-electron chi connectivity index (χ1n) is 7.64. The first kappa shape index (κ1) is 14.4. The fourth-order valence-corrected chi connectivity index (χ4v) is 3.42. The monoisotopic (exact) mass is 322 g/mol. The van der Waals surface area contributed by atoms with Gasteiger partial charge in [-0.05, 0) is 18.2 Å². The molecule has 0 spiro atoms. The van der Waals surface area contributed by atoms with Gasteiger partial charge in [-0.3, -0.25) is 19.3 Å². The molecule has 1 N–H and O–H groups in total. The van der Waals surface area contributed by atoms with E-state index in [1.807, 2.05) is 12.1 Å². The molecule has 0 saturated heterocycles. The van der Waals surface area contributed by atoms with Gasteiger partial charge in [0.1, 0.15) is 6.17 Å². The van der Waals surface area contributed by atoms with Gasteiger partial charge in [0.15, 0.2) is 0 Å². The summed E-state index contributed by atoms with van der Waals surface area (Å²) in [6.07, 6.45) is -0.760. The number of carboxylic acid groups (broad SMARTS) is 1. The van der Waals surface area contributed by atoms with E-state index < -0.39 is 12.1 Å². The summed E-state index contributed by atoms with van der Waals surface area (Å²) in [5.74, 6) is -1.40. The van der Waals surface area contributed by atoms with Crippen molar-refractivity contribution in [3.8, 4) is 0 Å². The zero-order valence-corrected chi connectivity index (χ0v) is 12.7. The molecule has 2 aliphatic heterocycles. The number of para-hydroxylation sites is 1. The predicted molar refractivity (Wildman–Crippen MR) is 85.7 cm³/mol. The highest BCUT2D eigenvalue weighted by molar-refractivity contribution is 6.16. The fourth-order valence-electron chi connectivity index (χ4n) is 3.42. The van der Waals surface area contributed by atoms with E-state index in [0.717, 1.165) is 5.56 Å². The van der Waals surface area contributed by atoms with Crippen molar-refractivity contribution in [2.24, 2.45) is 0 Å². The van der Waals surface area contributed by atoms with Gasteiger partial charge >= 0.3 is 5.97 Å². The molecule has 24 heavy (non-hydrogen) atoms. The van der Waals surface area contributed by atoms with Crippen LogP contribution in [0.2, 0.25) is 0 Å². The van der Waals surface area contributed by atoms with Gasteiger partial charge < -0.3 is 10.0 Å². The van der Waals surface area contributed by atoms with Crippen molar-refractivity contribution in [3.05, 3.63) is 65.2 Å². The van der Waals surface area contributed by atoms with Crippen molar-refractivity contribution in [2.75, 3.05) is 11.4 Å². The van der Waals surface area contributed by atoms with Crippen LogP contribution in [0.3, 0.4) is 0 Å². The molecule has 6 nitrogen and oxygen atoms in total. The number of aliphatic carboxylic acids is 1. The van der Waals surface area contributed by atoms with Gasteiger partial charge in [0, 0.05) is 17.7 Å². The Balaban J connectivity index is 1.89. The molecule has 2 aromatic carbocycles. The Morgan fingerprint density at radius 2 is 1.62 bits per heavy atom. The SMILES string of the molecule is O=C(O)CCN1C(=O)c2ccccc2N2C(=O)c3ccccc3[C@H]12. The molecule has 2 amide bonds. The Labute approximate surface area is 137 Å². The number of benzene rings is 2. The molecule has 2 heterocycles. The second-order valence-corrected chi connectivity index (χ2v) is 5.80. The Kier molecular flexibility index (Phi) is 3.13. The van der Waals surface area contributed by atoms with Gasteiger partial charge in [-0.1, -0.05) is 30.3 Å². The number of fused-ring (bicyclic) bond motifs is 5. The minimum absolute atomic E-state index is 0.0469. The van der Waals surface area contributed by atoms with E-state index in [4.69, 9.17) is 5.11 Å². The second kappa shape index (κ2) is 5.19. The van der Waals surface area contributed by atoms with Crippen molar-refractivity contribution < 1.29 is 19.5 Å². The summed E-state index contributed by atoms with van der Waals surface area (Å²) < 4.78 is 0. The quantitative estimate of drug-likeness (QED) is 0.940. The average Bonchev–Trinajstić information content (AvgIpc) is 2.88. The minimum atomic E-state index is -0.981. The molecule has 0 radical (unpaired) electrons. The first-order valence-corrected chi connectivity index (χ1v) is 7.64. The maximum absolute atomic E-state index is 12.9. The van der Waals surface area contributed by atoms with Gasteiger partial charge in [-0.2, -0.15) is 0 Å². The average molecular weight is 322 g/mol. The Morgan fingerprint density at radius 3 is 2.38 bits per heavy atom. The van der Waals surface area contributed by atoms with E-state index in [0.29, 0.717) is 16.8 Å². The molecule has 4 rings (SSSR count). The molecule has 0 unspecified atom stereocenters. The molecule has 6 heteroatoms. The van der Waals surface area contributed by atoms with Crippen LogP contribution < -0.4 is 4.90 Å². The maximum atomic E-state index is 12.9. The maximum Gasteiger partial charge on any atom is 0.305 e. The lowest BCUT2D eigenvalue weighted by Gasteiger charge is -2.40. The van der Waals surface area contributed by atoms with E-state index in [9.17, 15) is 14.4 Å². The third kappa shape index (κ3) is 1.93. The third-order valence-corrected chi connectivity index (χ3v) is 4.45. The Morgan fingerprint density at radius 1 is 0.958 bits per heavy atom. The van der Waals surface area contributed by atoms with E-state index in [1.54, 1.807) is 41.3 Å². The van der Waals surface area contributed by atoms with Crippen LogP contribution in [0.1, 0.15) is 38.9 Å². The number of carboxylic acids is 1. The highest BCUT2D eigenvalue weighted by Gasteiger charge is 2.47. The Bertz CT molecular complexity index is 877. The van der Waals surface area contributed by atoms with Crippen LogP contribution >= 0.6 is 0 Å². The molecule has 0 aliphatic carbocycles. The first-order chi connectivity index (χ1) is 11.6. The zero-order valence-electron chi connectivity index (χ0n) is 12.7. The zero-order chi connectivity index (χ0) is 16.8. The van der Waals surface area contributed by atoms with Crippen LogP contribution in [-0.4, -0.2) is 34.3 Å². The fraction of sp³-hybridized carbons (Fsp3) is 0.167. The van der Waals surface area contributed by atoms with Crippen molar-refractivity contribution in [1.29, 1.82) is 0 Å². The minimum Gasteiger partial charge on any atom is -0.481 e. The summed E-state index contributed by atoms with van der Waals surface area (Å²) in [5, 5.41) is 8.99. The number of hydrogen-bond acceptors (Lipinski definition) is 3. The summed E-state index contributed by atoms with van der Waals surface area (Å²) in [4.78, 5) is 39.8. The van der Waals surface area contributed by atoms with Crippen molar-refractivity contribution in [3.63, 3.8) is 0 Å². The van der Waals surface area contributed by atoms with Gasteiger partial charge in [0.05, 0.1) is 17.7 Å². The van der Waals surface area contributed by atoms with E-state index in [1.165, 1.54) is 4.90 Å². The largest absolute Gasteiger partial charge is 0.481 e. The lowest BCUT2D eigenvalue weighted by molar-refractivity contribution is -0.137. The topological polar surface area (TPSA) is 77.9 Å². The number of hydrogen-bond donors (Lipinski definition) is 1. The predicted octanol–water partition coefficient (Wildman–Crippen LogP) is 2.28. The molecule has 0 saturated carbocycles. The highest BCUT2D eigenvalue weighted by Crippen LogP contribution is 2.44. The number of rotatable bonds is 3. The van der Waals surface area contributed by atoms with Crippen molar-refractivity contribution in [1.82, 2.24) is 4.90 Å². The smallest absolute Gasteiger partial charge is 0.305 e. The molecule has 0 bridgehead atoms. The summed E-state index contributed by atoms with van der Waals surface area (Å²) in [7, 11) is 0. The lowest BCUT2D eigenvalue weighted by atomic mass is 10.0. The normalized spacial score (nSPS) is 18.2. The van der Waals surface area contributed by atoms with Crippen LogP contribution in [-0.2, 0) is 4.79 Å². The number of carbonyl (C=O) groups is 3. The van der Waals surface area contributed by atoms with Gasteiger partial charge in [0.2, 0.25) is 0 Å². The summed E-state index contributed by atoms with van der Waals surface area (Å²) in [5.41, 5.74) is 2.27. The number of anilines is 1. The van der Waals surface area contributed by atoms with E-state index in [2.05, 4.69) is 0 Å². The lowest BCUT2D eigenvalue weighted by Crippen LogP contribution is -2.48. The van der Waals surface area contributed by atoms with Crippen LogP contribution in [0.25, 0.3) is 0 Å². The molecule has 2 aromatic rings. The Hall–Kier alpha value is -3.15. The molecule has 0 fully saturated rings. The molecule has 2 aliphatic rings. The van der Waals surface area contributed by atoms with E-state index in [-0.39, 0.29) is 24.8 Å². The second-order valence-electron chi connectivity index (χ2n) is 5.80. The number of nitrogens with zero attached hydrogens (tertiary/aromatic N) is 2. The van der Waals surface area contributed by atoms with Crippen LogP contribution in [0, 0.1) is 0 Å². The molecular weight excluding hydrogens is 308 g/mol. The van der Waals surface area contributed by atoms with Crippen molar-refractivity contribution >= 4 is 23.5 Å². The van der Waals surface area contributed by atoms with Crippen molar-refractivity contribution in [2.45, 2.75) is 12.6 Å². The molecule has 1 atom stereocenters. The summed E-state index contributed by atoms with van der Waals surface area (Å²) in [6, 6.07) is 14.1. The number of carbonyl (C=O) groups excluding carboxylic acids is 2. The van der Waals surface area contributed by atoms with Gasteiger partial charge in [-0.25, -0.2) is 0 Å². The molecule has 0 aromatic heterocycles. The highest BCUT2D eigenvalue weighted by atomic mass is 16.4. The third-order valence-electron chi connectivity index (χ3n) is 4.45. The van der Waals surface area contributed by atoms with Crippen LogP contribution in [0.5, 0.6) is 0 Å².